The minimum atomic E-state index is -4.55. The van der Waals surface area contributed by atoms with Gasteiger partial charge in [0.05, 0.1) is 35.9 Å². The van der Waals surface area contributed by atoms with Crippen molar-refractivity contribution in [3.63, 3.8) is 0 Å². The molecule has 2 aliphatic heterocycles. The van der Waals surface area contributed by atoms with Crippen molar-refractivity contribution in [1.29, 1.82) is 0 Å². The van der Waals surface area contributed by atoms with Crippen LogP contribution in [-0.2, 0) is 15.7 Å². The number of alkyl halides is 3. The fourth-order valence-corrected chi connectivity index (χ4v) is 6.46. The number of carbonyl (C=O) groups is 2. The minimum Gasteiger partial charge on any atom is -0.494 e. The van der Waals surface area contributed by atoms with Crippen LogP contribution in [0.2, 0.25) is 5.02 Å². The summed E-state index contributed by atoms with van der Waals surface area (Å²) < 4.78 is 58.1. The van der Waals surface area contributed by atoms with Crippen molar-refractivity contribution >= 4 is 57.9 Å². The molecule has 2 aliphatic rings. The molecule has 0 aliphatic carbocycles. The van der Waals surface area contributed by atoms with Gasteiger partial charge < -0.3 is 19.3 Å². The molecule has 0 saturated carbocycles. The first kappa shape index (κ1) is 34.7. The summed E-state index contributed by atoms with van der Waals surface area (Å²) in [5.41, 5.74) is 0.437. The Morgan fingerprint density at radius 1 is 1.02 bits per heavy atom. The molecular weight excluding hydrogens is 677 g/mol. The third-order valence-corrected chi connectivity index (χ3v) is 9.15. The minimum absolute atomic E-state index is 0.149. The summed E-state index contributed by atoms with van der Waals surface area (Å²) in [6, 6.07) is 14.1. The van der Waals surface area contributed by atoms with Gasteiger partial charge in [-0.3, -0.25) is 14.6 Å². The van der Waals surface area contributed by atoms with Gasteiger partial charge in [0, 0.05) is 42.3 Å². The molecule has 3 aromatic carbocycles. The SMILES string of the molecule is O=C(O)c1ccc(OCCCN2C(=O)/C(=C/c3cc(-c4cc(C(F)(F)F)ccc4Cl)ccc3OCCN3CCOCC3)SC2=S)cc1. The molecule has 0 spiro atoms. The fourth-order valence-electron chi connectivity index (χ4n) is 4.93. The molecule has 47 heavy (non-hydrogen) atoms. The van der Waals surface area contributed by atoms with Crippen LogP contribution in [0.5, 0.6) is 11.5 Å². The van der Waals surface area contributed by atoms with E-state index in [1.165, 1.54) is 23.1 Å². The van der Waals surface area contributed by atoms with Crippen LogP contribution in [0.15, 0.2) is 65.6 Å². The van der Waals surface area contributed by atoms with Crippen LogP contribution in [-0.4, -0.2) is 83.7 Å². The van der Waals surface area contributed by atoms with Gasteiger partial charge in [-0.15, -0.1) is 0 Å². The zero-order valence-corrected chi connectivity index (χ0v) is 27.3. The van der Waals surface area contributed by atoms with Crippen LogP contribution in [0.25, 0.3) is 17.2 Å². The molecule has 0 unspecified atom stereocenters. The molecule has 2 fully saturated rings. The molecule has 2 saturated heterocycles. The molecule has 0 aromatic heterocycles. The van der Waals surface area contributed by atoms with Crippen molar-refractivity contribution < 1.29 is 42.1 Å². The van der Waals surface area contributed by atoms with E-state index >= 15 is 0 Å². The fraction of sp³-hybridized carbons (Fsp3) is 0.303. The average Bonchev–Trinajstić information content (AvgIpc) is 3.31. The second-order valence-electron chi connectivity index (χ2n) is 10.6. The van der Waals surface area contributed by atoms with Crippen molar-refractivity contribution in [1.82, 2.24) is 9.80 Å². The zero-order valence-electron chi connectivity index (χ0n) is 24.9. The lowest BCUT2D eigenvalue weighted by Crippen LogP contribution is -2.38. The highest BCUT2D eigenvalue weighted by Gasteiger charge is 2.33. The Morgan fingerprint density at radius 2 is 1.77 bits per heavy atom. The Balaban J connectivity index is 1.33. The highest BCUT2D eigenvalue weighted by molar-refractivity contribution is 8.26. The van der Waals surface area contributed by atoms with Crippen molar-refractivity contribution in [2.24, 2.45) is 0 Å². The van der Waals surface area contributed by atoms with E-state index in [1.54, 1.807) is 36.4 Å². The highest BCUT2D eigenvalue weighted by Crippen LogP contribution is 2.39. The van der Waals surface area contributed by atoms with E-state index in [4.69, 9.17) is 43.1 Å². The number of aromatic carboxylic acids is 1. The molecule has 1 amide bonds. The second-order valence-corrected chi connectivity index (χ2v) is 12.7. The number of hydrogen-bond donors (Lipinski definition) is 1. The number of nitrogens with zero attached hydrogens (tertiary/aromatic N) is 2. The summed E-state index contributed by atoms with van der Waals surface area (Å²) in [6.45, 7) is 4.42. The molecule has 0 bridgehead atoms. The number of amides is 1. The van der Waals surface area contributed by atoms with Crippen LogP contribution < -0.4 is 9.47 Å². The monoisotopic (exact) mass is 706 g/mol. The maximum absolute atomic E-state index is 13.5. The zero-order chi connectivity index (χ0) is 33.6. The molecule has 5 rings (SSSR count). The number of carboxylic acids is 1. The lowest BCUT2D eigenvalue weighted by Gasteiger charge is -2.26. The summed E-state index contributed by atoms with van der Waals surface area (Å²) >= 11 is 13.0. The normalized spacial score (nSPS) is 16.6. The Morgan fingerprint density at radius 3 is 2.47 bits per heavy atom. The van der Waals surface area contributed by atoms with Gasteiger partial charge >= 0.3 is 12.1 Å². The summed E-state index contributed by atoms with van der Waals surface area (Å²) in [5, 5.41) is 9.19. The number of ether oxygens (including phenoxy) is 3. The Bertz CT molecular complexity index is 1660. The molecular formula is C33H30ClF3N2O6S2. The van der Waals surface area contributed by atoms with Crippen LogP contribution in [0, 0.1) is 0 Å². The first-order valence-corrected chi connectivity index (χ1v) is 16.3. The van der Waals surface area contributed by atoms with Gasteiger partial charge in [-0.05, 0) is 72.7 Å². The Hall–Kier alpha value is -3.62. The molecule has 0 atom stereocenters. The molecule has 1 N–H and O–H groups in total. The molecule has 2 heterocycles. The third-order valence-electron chi connectivity index (χ3n) is 7.44. The van der Waals surface area contributed by atoms with E-state index in [0.717, 1.165) is 37.0 Å². The number of thioether (sulfide) groups is 1. The Kier molecular flexibility index (Phi) is 11.5. The van der Waals surface area contributed by atoms with Gasteiger partial charge in [0.2, 0.25) is 0 Å². The lowest BCUT2D eigenvalue weighted by atomic mass is 9.99. The maximum atomic E-state index is 13.5. The van der Waals surface area contributed by atoms with Gasteiger partial charge in [0.1, 0.15) is 22.4 Å². The van der Waals surface area contributed by atoms with E-state index in [0.29, 0.717) is 64.6 Å². The number of thiocarbonyl (C=S) groups is 1. The van der Waals surface area contributed by atoms with Gasteiger partial charge in [-0.2, -0.15) is 13.2 Å². The van der Waals surface area contributed by atoms with Crippen molar-refractivity contribution in [3.8, 4) is 22.6 Å². The molecule has 14 heteroatoms. The van der Waals surface area contributed by atoms with Crippen LogP contribution in [0.3, 0.4) is 0 Å². The number of carbonyl (C=O) groups excluding carboxylic acids is 1. The summed E-state index contributed by atoms with van der Waals surface area (Å²) in [5.74, 6) is -0.385. The van der Waals surface area contributed by atoms with Crippen molar-refractivity contribution in [2.45, 2.75) is 12.6 Å². The highest BCUT2D eigenvalue weighted by atomic mass is 35.5. The van der Waals surface area contributed by atoms with Crippen LogP contribution in [0.1, 0.15) is 27.9 Å². The average molecular weight is 707 g/mol. The molecule has 8 nitrogen and oxygen atoms in total. The number of morpholine rings is 1. The predicted molar refractivity (Wildman–Crippen MR) is 178 cm³/mol. The van der Waals surface area contributed by atoms with E-state index < -0.39 is 17.7 Å². The Labute approximate surface area is 284 Å². The summed E-state index contributed by atoms with van der Waals surface area (Å²) in [6.07, 6.45) is -2.45. The number of hydrogen-bond acceptors (Lipinski definition) is 8. The van der Waals surface area contributed by atoms with Crippen LogP contribution >= 0.6 is 35.6 Å². The smallest absolute Gasteiger partial charge is 0.416 e. The van der Waals surface area contributed by atoms with E-state index in [9.17, 15) is 22.8 Å². The number of halogens is 4. The largest absolute Gasteiger partial charge is 0.494 e. The van der Waals surface area contributed by atoms with Crippen molar-refractivity contribution in [2.75, 3.05) is 52.6 Å². The topological polar surface area (TPSA) is 88.5 Å². The van der Waals surface area contributed by atoms with Gasteiger partial charge in [-0.1, -0.05) is 41.6 Å². The number of carboxylic acid groups (broad SMARTS) is 1. The van der Waals surface area contributed by atoms with E-state index in [-0.39, 0.29) is 35.2 Å². The van der Waals surface area contributed by atoms with Crippen molar-refractivity contribution in [3.05, 3.63) is 87.3 Å². The standard InChI is InChI=1S/C33H30ClF3N2O6S2/c34-27-8-5-24(33(35,36)37)20-26(27)22-4-9-28(45-17-13-38-11-15-43-16-12-38)23(18-22)19-29-30(40)39(32(46)47-29)10-1-14-44-25-6-2-21(3-7-25)31(41)42/h2-9,18-20H,1,10-17H2,(H,41,42)/b29-19-. The van der Waals surface area contributed by atoms with Crippen LogP contribution in [0.4, 0.5) is 13.2 Å². The predicted octanol–water partition coefficient (Wildman–Crippen LogP) is 7.11. The molecule has 248 valence electrons. The number of benzene rings is 3. The molecule has 3 aromatic rings. The number of rotatable bonds is 12. The quantitative estimate of drug-likeness (QED) is 0.120. The van der Waals surface area contributed by atoms with E-state index in [1.807, 2.05) is 0 Å². The van der Waals surface area contributed by atoms with Gasteiger partial charge in [-0.25, -0.2) is 4.79 Å². The van der Waals surface area contributed by atoms with Gasteiger partial charge in [0.25, 0.3) is 5.91 Å². The third kappa shape index (κ3) is 9.05. The first-order valence-electron chi connectivity index (χ1n) is 14.7. The molecule has 0 radical (unpaired) electrons. The van der Waals surface area contributed by atoms with E-state index in [2.05, 4.69) is 4.90 Å². The summed E-state index contributed by atoms with van der Waals surface area (Å²) in [4.78, 5) is 28.5. The second kappa shape index (κ2) is 15.5. The lowest BCUT2D eigenvalue weighted by molar-refractivity contribution is -0.137. The van der Waals surface area contributed by atoms with Gasteiger partial charge in [0.15, 0.2) is 0 Å². The maximum Gasteiger partial charge on any atom is 0.416 e. The summed E-state index contributed by atoms with van der Waals surface area (Å²) in [7, 11) is 0. The first-order chi connectivity index (χ1) is 22.5.